The molecule has 7 rings (SSSR count). The molecule has 0 saturated carbocycles. The summed E-state index contributed by atoms with van der Waals surface area (Å²) in [5, 5.41) is 17.8. The normalized spacial score (nSPS) is 15.3. The Hall–Kier alpha value is -5.08. The number of ether oxygens (including phenoxy) is 2. The summed E-state index contributed by atoms with van der Waals surface area (Å²) in [7, 11) is 0. The van der Waals surface area contributed by atoms with Crippen LogP contribution in [0.2, 0.25) is 0 Å². The third-order valence-electron chi connectivity index (χ3n) is 9.00. The van der Waals surface area contributed by atoms with E-state index in [-0.39, 0.29) is 81.9 Å². The summed E-state index contributed by atoms with van der Waals surface area (Å²) in [5.74, 6) is -7.25. The molecule has 0 fully saturated rings. The van der Waals surface area contributed by atoms with Gasteiger partial charge in [-0.25, -0.2) is 9.59 Å². The minimum absolute atomic E-state index is 0. The zero-order valence-electron chi connectivity index (χ0n) is 35.4. The number of hydrogen-bond donors (Lipinski definition) is 2. The molecule has 0 atom stereocenters. The second kappa shape index (κ2) is 27.9. The van der Waals surface area contributed by atoms with Crippen LogP contribution in [-0.2, 0) is 70.0 Å². The molecule has 4 aliphatic heterocycles. The predicted octanol–water partition coefficient (Wildman–Crippen LogP) is 1.53. The van der Waals surface area contributed by atoms with Gasteiger partial charge in [0.05, 0.1) is 57.2 Å². The standard InChI is InChI=1S/C25H20N2O7S2.C13H10Br2N2O7.C6H6S.CH4.Na/c28-21-11-19(35-17-7-3-1-4-8-17)24(32)26(21)13-16(34-15-23(30)31)14-27-22(29)12-20(25(27)33)36-18-9-5-2-6-10-18;14-7-1-9(18)16(12(7)22)3-6(24-5-11(20)21)4-17-10(19)2-8(15)13(17)23;7-6-4-2-1-3-5-6;;/h1-12,16H,13-15H2,(H,30,31);1-2,6H,3-5H2,(H,20,21);1-5,7H;1H4;/q;;;;+1/p-1. The maximum absolute atomic E-state index is 12.9. The van der Waals surface area contributed by atoms with E-state index < -0.39 is 84.6 Å². The van der Waals surface area contributed by atoms with E-state index in [1.165, 1.54) is 12.2 Å². The summed E-state index contributed by atoms with van der Waals surface area (Å²) >= 11 is 12.9. The van der Waals surface area contributed by atoms with Gasteiger partial charge in [0.1, 0.15) is 13.2 Å². The molecule has 0 spiro atoms. The van der Waals surface area contributed by atoms with E-state index in [1.807, 2.05) is 42.5 Å². The van der Waals surface area contributed by atoms with Gasteiger partial charge in [-0.2, -0.15) is 4.90 Å². The van der Waals surface area contributed by atoms with Gasteiger partial charge in [0.15, 0.2) is 0 Å². The molecule has 3 aromatic rings. The minimum atomic E-state index is -1.27. The van der Waals surface area contributed by atoms with Crippen LogP contribution in [0.1, 0.15) is 7.43 Å². The number of hydrogen-bond acceptors (Lipinski definition) is 15. The Labute approximate surface area is 448 Å². The average molecular weight is 1140 g/mol. The number of aliphatic carboxylic acids is 2. The van der Waals surface area contributed by atoms with Crippen LogP contribution in [0.15, 0.2) is 149 Å². The van der Waals surface area contributed by atoms with Crippen LogP contribution in [0.25, 0.3) is 0 Å². The Bertz CT molecular complexity index is 2450. The third kappa shape index (κ3) is 17.1. The van der Waals surface area contributed by atoms with E-state index in [0.717, 1.165) is 70.0 Å². The van der Waals surface area contributed by atoms with Gasteiger partial charge in [0.25, 0.3) is 47.3 Å². The van der Waals surface area contributed by atoms with Crippen molar-refractivity contribution in [3.8, 4) is 0 Å². The third-order valence-corrected chi connectivity index (χ3v) is 12.4. The number of carbonyl (C=O) groups excluding carboxylic acids is 8. The molecule has 0 unspecified atom stereocenters. The number of carboxylic acids is 2. The molecule has 69 heavy (non-hydrogen) atoms. The molecule has 18 nitrogen and oxygen atoms in total. The quantitative estimate of drug-likeness (QED) is 0.104. The molecule has 0 aliphatic carbocycles. The fourth-order valence-electron chi connectivity index (χ4n) is 5.93. The number of thioether (sulfide) groups is 2. The van der Waals surface area contributed by atoms with Crippen molar-refractivity contribution < 1.29 is 97.2 Å². The van der Waals surface area contributed by atoms with Crippen LogP contribution in [0, 0.1) is 0 Å². The summed E-state index contributed by atoms with van der Waals surface area (Å²) in [6, 6.07) is 27.7. The number of carbonyl (C=O) groups is 10. The summed E-state index contributed by atoms with van der Waals surface area (Å²) < 4.78 is 10.6. The van der Waals surface area contributed by atoms with Crippen molar-refractivity contribution in [3.63, 3.8) is 0 Å². The first-order chi connectivity index (χ1) is 31.9. The molecule has 356 valence electrons. The van der Waals surface area contributed by atoms with Crippen molar-refractivity contribution in [1.29, 1.82) is 0 Å². The topological polar surface area (TPSA) is 243 Å². The van der Waals surface area contributed by atoms with E-state index in [2.05, 4.69) is 31.9 Å². The Kier molecular flexibility index (Phi) is 23.6. The SMILES string of the molecule is C.O=C(O)COC(CN1C(=O)C=C(Br)C1=O)CN1C(=O)C=C(Br)C1=O.O=C(O)COC(CN1C(=O)C=C(Sc2ccccc2)C1=O)CN1C(=O)C=C(Sc2ccccc2)C1=O.[Na+].[S-]c1ccccc1. The Balaban J connectivity index is 0.000000328. The molecule has 2 N–H and O–H groups in total. The molecular weight excluding hydrogens is 1100 g/mol. The molecule has 8 amide bonds. The van der Waals surface area contributed by atoms with E-state index >= 15 is 0 Å². The van der Waals surface area contributed by atoms with E-state index in [1.54, 1.807) is 48.5 Å². The predicted molar refractivity (Wildman–Crippen MR) is 255 cm³/mol. The van der Waals surface area contributed by atoms with Gasteiger partial charge < -0.3 is 32.3 Å². The second-order valence-electron chi connectivity index (χ2n) is 13.8. The monoisotopic (exact) mass is 1140 g/mol. The van der Waals surface area contributed by atoms with Crippen molar-refractivity contribution in [2.24, 2.45) is 0 Å². The van der Waals surface area contributed by atoms with E-state index in [0.29, 0.717) is 0 Å². The van der Waals surface area contributed by atoms with Crippen LogP contribution < -0.4 is 29.6 Å². The molecule has 4 aliphatic rings. The summed E-state index contributed by atoms with van der Waals surface area (Å²) in [5.41, 5.74) is 0. The summed E-state index contributed by atoms with van der Waals surface area (Å²) in [6.45, 7) is -2.68. The molecule has 3 aromatic carbocycles. The smallest absolute Gasteiger partial charge is 0.780 e. The molecule has 0 radical (unpaired) electrons. The Morgan fingerprint density at radius 3 is 1.06 bits per heavy atom. The average Bonchev–Trinajstić information content (AvgIpc) is 3.90. The first-order valence-electron chi connectivity index (χ1n) is 19.4. The van der Waals surface area contributed by atoms with Gasteiger partial charge in [-0.1, -0.05) is 97.7 Å². The number of amides is 8. The summed E-state index contributed by atoms with van der Waals surface area (Å²) in [4.78, 5) is 126. The molecular formula is C45H39Br2N4NaO14S3. The minimum Gasteiger partial charge on any atom is -0.780 e. The van der Waals surface area contributed by atoms with Crippen molar-refractivity contribution in [1.82, 2.24) is 19.6 Å². The van der Waals surface area contributed by atoms with Crippen LogP contribution >= 0.6 is 55.4 Å². The van der Waals surface area contributed by atoms with Crippen molar-refractivity contribution in [2.75, 3.05) is 39.4 Å². The van der Waals surface area contributed by atoms with Crippen LogP contribution in [0.4, 0.5) is 0 Å². The molecule has 0 bridgehead atoms. The number of rotatable bonds is 18. The maximum atomic E-state index is 12.9. The van der Waals surface area contributed by atoms with Crippen LogP contribution in [-0.4, -0.2) is 141 Å². The number of carboxylic acid groups (broad SMARTS) is 2. The van der Waals surface area contributed by atoms with Gasteiger partial charge in [-0.3, -0.25) is 58.0 Å². The van der Waals surface area contributed by atoms with Gasteiger partial charge in [-0.15, -0.1) is 0 Å². The fraction of sp³-hybridized carbons (Fsp3) is 0.200. The van der Waals surface area contributed by atoms with Crippen molar-refractivity contribution in [3.05, 3.63) is 134 Å². The van der Waals surface area contributed by atoms with Gasteiger partial charge in [0, 0.05) is 34.1 Å². The van der Waals surface area contributed by atoms with E-state index in [9.17, 15) is 47.9 Å². The van der Waals surface area contributed by atoms with Gasteiger partial charge in [-0.05, 0) is 56.1 Å². The van der Waals surface area contributed by atoms with Gasteiger partial charge in [0.2, 0.25) is 0 Å². The Morgan fingerprint density at radius 1 is 0.507 bits per heavy atom. The molecule has 24 heteroatoms. The van der Waals surface area contributed by atoms with Crippen molar-refractivity contribution >= 4 is 127 Å². The first kappa shape index (κ1) is 58.2. The largest absolute Gasteiger partial charge is 1.00 e. The number of halogens is 2. The first-order valence-corrected chi connectivity index (χ1v) is 23.0. The zero-order valence-corrected chi connectivity index (χ0v) is 43.1. The van der Waals surface area contributed by atoms with Crippen molar-refractivity contribution in [2.45, 2.75) is 34.3 Å². The molecule has 0 saturated heterocycles. The van der Waals surface area contributed by atoms with Crippen LogP contribution in [0.3, 0.4) is 0 Å². The molecule has 0 aromatic heterocycles. The number of nitrogens with zero attached hydrogens (tertiary/aromatic N) is 4. The second-order valence-corrected chi connectivity index (χ2v) is 18.2. The summed E-state index contributed by atoms with van der Waals surface area (Å²) in [6.07, 6.45) is 2.42. The fourth-order valence-corrected chi connectivity index (χ4v) is 8.72. The van der Waals surface area contributed by atoms with E-state index in [4.69, 9.17) is 32.3 Å². The maximum Gasteiger partial charge on any atom is 1.00 e. The number of imide groups is 4. The van der Waals surface area contributed by atoms with Crippen LogP contribution in [0.5, 0.6) is 0 Å². The molecule has 4 heterocycles. The number of benzene rings is 3. The van der Waals surface area contributed by atoms with Gasteiger partial charge >= 0.3 is 41.5 Å². The Morgan fingerprint density at radius 2 is 0.797 bits per heavy atom. The zero-order chi connectivity index (χ0) is 48.8.